The Balaban J connectivity index is 2.16. The van der Waals surface area contributed by atoms with E-state index in [4.69, 9.17) is 11.6 Å². The van der Waals surface area contributed by atoms with Crippen molar-refractivity contribution in [3.8, 4) is 0 Å². The Kier molecular flexibility index (Phi) is 4.23. The third kappa shape index (κ3) is 3.33. The van der Waals surface area contributed by atoms with Gasteiger partial charge in [-0.05, 0) is 59.3 Å². The molecule has 0 saturated heterocycles. The van der Waals surface area contributed by atoms with Crippen LogP contribution in [0.2, 0.25) is 5.02 Å². The van der Waals surface area contributed by atoms with E-state index >= 15 is 0 Å². The number of halogens is 2. The second-order valence-corrected chi connectivity index (χ2v) is 5.38. The molecular formula is C13H12ClIN2. The highest BCUT2D eigenvalue weighted by molar-refractivity contribution is 14.1. The number of rotatable bonds is 3. The summed E-state index contributed by atoms with van der Waals surface area (Å²) in [7, 11) is 0. The van der Waals surface area contributed by atoms with E-state index in [2.05, 4.69) is 45.9 Å². The van der Waals surface area contributed by atoms with Crippen molar-refractivity contribution in [3.05, 3.63) is 56.9 Å². The fourth-order valence-electron chi connectivity index (χ4n) is 1.56. The smallest absolute Gasteiger partial charge is 0.0501 e. The first-order chi connectivity index (χ1) is 8.16. The number of hydrogen-bond acceptors (Lipinski definition) is 2. The van der Waals surface area contributed by atoms with Gasteiger partial charge in [-0.25, -0.2) is 0 Å². The number of hydrogen-bond donors (Lipinski definition) is 1. The minimum absolute atomic E-state index is 0.221. The fourth-order valence-corrected chi connectivity index (χ4v) is 2.58. The predicted octanol–water partition coefficient (Wildman–Crippen LogP) is 4.51. The van der Waals surface area contributed by atoms with E-state index in [1.54, 1.807) is 6.20 Å². The van der Waals surface area contributed by atoms with Crippen LogP contribution in [-0.2, 0) is 0 Å². The van der Waals surface area contributed by atoms with E-state index in [0.717, 1.165) is 14.3 Å². The van der Waals surface area contributed by atoms with Crippen molar-refractivity contribution < 1.29 is 0 Å². The zero-order chi connectivity index (χ0) is 12.3. The summed E-state index contributed by atoms with van der Waals surface area (Å²) in [5.74, 6) is 0. The molecule has 1 unspecified atom stereocenters. The number of nitrogens with zero attached hydrogens (tertiary/aromatic N) is 1. The highest BCUT2D eigenvalue weighted by Crippen LogP contribution is 2.25. The molecule has 2 aromatic rings. The summed E-state index contributed by atoms with van der Waals surface area (Å²) in [6, 6.07) is 10.1. The highest BCUT2D eigenvalue weighted by atomic mass is 127. The number of benzene rings is 1. The average Bonchev–Trinajstić information content (AvgIpc) is 2.34. The Morgan fingerprint density at radius 2 is 2.18 bits per heavy atom. The van der Waals surface area contributed by atoms with Gasteiger partial charge in [-0.15, -0.1) is 0 Å². The Hall–Kier alpha value is -0.810. The summed E-state index contributed by atoms with van der Waals surface area (Å²) in [4.78, 5) is 4.12. The van der Waals surface area contributed by atoms with Crippen molar-refractivity contribution in [2.75, 3.05) is 5.32 Å². The second-order valence-electron chi connectivity index (χ2n) is 3.78. The van der Waals surface area contributed by atoms with Gasteiger partial charge in [-0.3, -0.25) is 4.98 Å². The number of aromatic nitrogens is 1. The molecule has 88 valence electrons. The molecule has 17 heavy (non-hydrogen) atoms. The van der Waals surface area contributed by atoms with Crippen molar-refractivity contribution >= 4 is 39.9 Å². The lowest BCUT2D eigenvalue weighted by Crippen LogP contribution is -2.07. The first-order valence-corrected chi connectivity index (χ1v) is 6.74. The lowest BCUT2D eigenvalue weighted by Gasteiger charge is -2.16. The van der Waals surface area contributed by atoms with Gasteiger partial charge in [0.25, 0.3) is 0 Å². The molecule has 1 atom stereocenters. The zero-order valence-electron chi connectivity index (χ0n) is 9.32. The second kappa shape index (κ2) is 5.69. The maximum absolute atomic E-state index is 5.93. The van der Waals surface area contributed by atoms with Crippen LogP contribution in [0.1, 0.15) is 18.5 Å². The van der Waals surface area contributed by atoms with Gasteiger partial charge in [-0.1, -0.05) is 17.7 Å². The van der Waals surface area contributed by atoms with Crippen LogP contribution >= 0.6 is 34.2 Å². The van der Waals surface area contributed by atoms with E-state index in [9.17, 15) is 0 Å². The molecule has 0 aliphatic rings. The van der Waals surface area contributed by atoms with Crippen LogP contribution in [0.4, 0.5) is 5.69 Å². The molecule has 1 heterocycles. The molecule has 1 aromatic carbocycles. The Morgan fingerprint density at radius 1 is 1.35 bits per heavy atom. The van der Waals surface area contributed by atoms with Crippen LogP contribution in [0, 0.1) is 3.57 Å². The van der Waals surface area contributed by atoms with Gasteiger partial charge < -0.3 is 5.32 Å². The Morgan fingerprint density at radius 3 is 2.82 bits per heavy atom. The van der Waals surface area contributed by atoms with Crippen molar-refractivity contribution in [3.63, 3.8) is 0 Å². The van der Waals surface area contributed by atoms with E-state index in [1.807, 2.05) is 30.5 Å². The van der Waals surface area contributed by atoms with Crippen molar-refractivity contribution in [2.24, 2.45) is 0 Å². The normalized spacial score (nSPS) is 12.2. The molecule has 1 N–H and O–H groups in total. The van der Waals surface area contributed by atoms with Gasteiger partial charge in [0, 0.05) is 26.7 Å². The summed E-state index contributed by atoms with van der Waals surface area (Å²) in [6.45, 7) is 2.11. The van der Waals surface area contributed by atoms with Crippen LogP contribution in [0.3, 0.4) is 0 Å². The van der Waals surface area contributed by atoms with Crippen LogP contribution in [0.25, 0.3) is 0 Å². The summed E-state index contributed by atoms with van der Waals surface area (Å²) in [5, 5.41) is 4.21. The van der Waals surface area contributed by atoms with Crippen LogP contribution in [0.15, 0.2) is 42.7 Å². The molecule has 0 aliphatic carbocycles. The molecule has 0 aliphatic heterocycles. The molecule has 2 nitrogen and oxygen atoms in total. The molecule has 4 heteroatoms. The van der Waals surface area contributed by atoms with Gasteiger partial charge >= 0.3 is 0 Å². The SMILES string of the molecule is CC(Nc1ccc(Cl)cc1I)c1cccnc1. The molecule has 0 bridgehead atoms. The lowest BCUT2D eigenvalue weighted by molar-refractivity contribution is 0.874. The van der Waals surface area contributed by atoms with Gasteiger partial charge in [-0.2, -0.15) is 0 Å². The Bertz CT molecular complexity index is 502. The van der Waals surface area contributed by atoms with E-state index in [-0.39, 0.29) is 6.04 Å². The molecule has 0 radical (unpaired) electrons. The van der Waals surface area contributed by atoms with Crippen molar-refractivity contribution in [2.45, 2.75) is 13.0 Å². The topological polar surface area (TPSA) is 24.9 Å². The summed E-state index contributed by atoms with van der Waals surface area (Å²) >= 11 is 8.20. The minimum atomic E-state index is 0.221. The van der Waals surface area contributed by atoms with Gasteiger partial charge in [0.05, 0.1) is 6.04 Å². The molecule has 0 spiro atoms. The first kappa shape index (κ1) is 12.6. The zero-order valence-corrected chi connectivity index (χ0v) is 12.2. The first-order valence-electron chi connectivity index (χ1n) is 5.28. The third-order valence-corrected chi connectivity index (χ3v) is 3.62. The molecule has 0 amide bonds. The van der Waals surface area contributed by atoms with Gasteiger partial charge in [0.1, 0.15) is 0 Å². The molecule has 0 fully saturated rings. The maximum Gasteiger partial charge on any atom is 0.0501 e. The van der Waals surface area contributed by atoms with Crippen molar-refractivity contribution in [1.82, 2.24) is 4.98 Å². The maximum atomic E-state index is 5.93. The van der Waals surface area contributed by atoms with Crippen LogP contribution < -0.4 is 5.32 Å². The average molecular weight is 359 g/mol. The summed E-state index contributed by atoms with van der Waals surface area (Å²) in [5.41, 5.74) is 2.25. The quantitative estimate of drug-likeness (QED) is 0.817. The lowest BCUT2D eigenvalue weighted by atomic mass is 10.1. The van der Waals surface area contributed by atoms with Gasteiger partial charge in [0.15, 0.2) is 0 Å². The standard InChI is InChI=1S/C13H12ClIN2/c1-9(10-3-2-6-16-8-10)17-13-5-4-11(14)7-12(13)15/h2-9,17H,1H3. The van der Waals surface area contributed by atoms with E-state index in [0.29, 0.717) is 0 Å². The summed E-state index contributed by atoms with van der Waals surface area (Å²) in [6.07, 6.45) is 3.66. The summed E-state index contributed by atoms with van der Waals surface area (Å²) < 4.78 is 1.12. The Labute approximate surface area is 120 Å². The number of pyridine rings is 1. The van der Waals surface area contributed by atoms with E-state index < -0.39 is 0 Å². The monoisotopic (exact) mass is 358 g/mol. The third-order valence-electron chi connectivity index (χ3n) is 2.49. The predicted molar refractivity (Wildman–Crippen MR) is 80.4 cm³/mol. The van der Waals surface area contributed by atoms with Gasteiger partial charge in [0.2, 0.25) is 0 Å². The fraction of sp³-hybridized carbons (Fsp3) is 0.154. The molecule has 2 rings (SSSR count). The van der Waals surface area contributed by atoms with Crippen molar-refractivity contribution in [1.29, 1.82) is 0 Å². The highest BCUT2D eigenvalue weighted by Gasteiger charge is 2.07. The molecule has 1 aromatic heterocycles. The van der Waals surface area contributed by atoms with E-state index in [1.165, 1.54) is 5.56 Å². The minimum Gasteiger partial charge on any atom is -0.378 e. The number of nitrogens with one attached hydrogen (secondary N) is 1. The molecular weight excluding hydrogens is 347 g/mol. The van der Waals surface area contributed by atoms with Crippen LogP contribution in [-0.4, -0.2) is 4.98 Å². The largest absolute Gasteiger partial charge is 0.378 e. The van der Waals surface area contributed by atoms with Crippen LogP contribution in [0.5, 0.6) is 0 Å². The number of anilines is 1. The molecule has 0 saturated carbocycles.